The van der Waals surface area contributed by atoms with E-state index in [4.69, 9.17) is 42.0 Å². The van der Waals surface area contributed by atoms with Crippen LogP contribution < -0.4 is 35.1 Å². The lowest BCUT2D eigenvalue weighted by Crippen LogP contribution is -2.26. The van der Waals surface area contributed by atoms with E-state index in [1.54, 1.807) is 49.4 Å². The number of unbranched alkanes of at least 4 members (excludes halogenated alkanes) is 3. The maximum absolute atomic E-state index is 12.7. The average molecular weight is 1350 g/mol. The SMILES string of the molecule is CN(CCOC(=O)CCCCC(=O)Oc1ccc(C(=O)Oc2ccc3ccc(=O)oc3c2)cc1)c1ccc(/C=C/C2=CC(=C\C=C\C3=C(C#N)C(=C(C#N)C#N)OC3(C)CCCCOC(=O)CCCCC(=O)Oc3ccc(C(=O)Oc4ccc5ccc(=O)oc5c4)cc3)/CC(C)(C)C2)cc1. The van der Waals surface area contributed by atoms with Gasteiger partial charge in [0, 0.05) is 79.0 Å². The minimum absolute atomic E-state index is 0.0395. The van der Waals surface area contributed by atoms with Crippen molar-refractivity contribution in [3.05, 3.63) is 235 Å². The summed E-state index contributed by atoms with van der Waals surface area (Å²) < 4.78 is 49.3. The number of fused-ring (bicyclic) bond motifs is 2. The van der Waals surface area contributed by atoms with Crippen LogP contribution >= 0.6 is 0 Å². The molecule has 100 heavy (non-hydrogen) atoms. The summed E-state index contributed by atoms with van der Waals surface area (Å²) in [5.41, 5.74) is 3.14. The zero-order valence-electron chi connectivity index (χ0n) is 55.7. The van der Waals surface area contributed by atoms with E-state index in [9.17, 15) is 54.1 Å². The third kappa shape index (κ3) is 20.7. The number of rotatable bonds is 29. The highest BCUT2D eigenvalue weighted by Crippen LogP contribution is 2.44. The van der Waals surface area contributed by atoms with Crippen LogP contribution in [0.15, 0.2) is 216 Å². The van der Waals surface area contributed by atoms with Gasteiger partial charge in [0.1, 0.15) is 70.2 Å². The first kappa shape index (κ1) is 72.1. The Hall–Kier alpha value is -12.2. The van der Waals surface area contributed by atoms with E-state index in [2.05, 4.69) is 38.1 Å². The van der Waals surface area contributed by atoms with Crippen molar-refractivity contribution in [3.8, 4) is 41.2 Å². The Morgan fingerprint density at radius 2 is 1.05 bits per heavy atom. The number of nitriles is 3. The van der Waals surface area contributed by atoms with Crippen LogP contribution in [0.3, 0.4) is 0 Å². The summed E-state index contributed by atoms with van der Waals surface area (Å²) in [6, 6.07) is 40.8. The molecule has 0 radical (unpaired) electrons. The van der Waals surface area contributed by atoms with E-state index in [1.165, 1.54) is 72.8 Å². The first-order valence-corrected chi connectivity index (χ1v) is 32.6. The van der Waals surface area contributed by atoms with Crippen molar-refractivity contribution in [2.24, 2.45) is 5.41 Å². The molecule has 0 saturated heterocycles. The fraction of sp³-hybridized carbons (Fsp3) is 0.278. The van der Waals surface area contributed by atoms with Crippen LogP contribution in [0, 0.1) is 39.4 Å². The Morgan fingerprint density at radius 1 is 0.550 bits per heavy atom. The van der Waals surface area contributed by atoms with Gasteiger partial charge < -0.3 is 46.9 Å². The fourth-order valence-electron chi connectivity index (χ4n) is 11.2. The molecular formula is C79H72N4O17. The third-order valence-electron chi connectivity index (χ3n) is 16.4. The Kier molecular flexibility index (Phi) is 24.7. The molecule has 1 atom stereocenters. The number of esters is 6. The average Bonchev–Trinajstić information content (AvgIpc) is 1.61. The van der Waals surface area contributed by atoms with Crippen LogP contribution in [0.4, 0.5) is 5.69 Å². The fourth-order valence-corrected chi connectivity index (χ4v) is 11.2. The topological polar surface area (TPSA) is 302 Å². The molecule has 510 valence electrons. The van der Waals surface area contributed by atoms with Gasteiger partial charge in [-0.05, 0) is 184 Å². The van der Waals surface area contributed by atoms with Crippen LogP contribution in [-0.4, -0.2) is 68.2 Å². The highest BCUT2D eigenvalue weighted by atomic mass is 16.6. The summed E-state index contributed by atoms with van der Waals surface area (Å²) >= 11 is 0. The Balaban J connectivity index is 0.667. The second-order valence-electron chi connectivity index (χ2n) is 24.8. The second-order valence-corrected chi connectivity index (χ2v) is 24.8. The molecule has 21 nitrogen and oxygen atoms in total. The zero-order chi connectivity index (χ0) is 71.2. The molecule has 1 unspecified atom stereocenters. The molecule has 0 fully saturated rings. The summed E-state index contributed by atoms with van der Waals surface area (Å²) in [7, 11) is 1.91. The number of hydrogen-bond donors (Lipinski definition) is 0. The Morgan fingerprint density at radius 3 is 1.57 bits per heavy atom. The molecule has 21 heteroatoms. The maximum Gasteiger partial charge on any atom is 0.343 e. The second kappa shape index (κ2) is 34.2. The Labute approximate surface area is 576 Å². The van der Waals surface area contributed by atoms with Gasteiger partial charge in [0.25, 0.3) is 0 Å². The van der Waals surface area contributed by atoms with Gasteiger partial charge in [-0.2, -0.15) is 15.8 Å². The molecule has 1 aliphatic heterocycles. The molecule has 0 bridgehead atoms. The maximum atomic E-state index is 12.7. The number of carbonyl (C=O) groups is 6. The van der Waals surface area contributed by atoms with E-state index in [0.29, 0.717) is 67.8 Å². The Bertz CT molecular complexity index is 4670. The quantitative estimate of drug-likeness (QED) is 0.0138. The van der Waals surface area contributed by atoms with Gasteiger partial charge >= 0.3 is 47.1 Å². The molecule has 0 N–H and O–H groups in total. The van der Waals surface area contributed by atoms with Crippen molar-refractivity contribution >= 4 is 69.5 Å². The number of likely N-dealkylation sites (N-methyl/N-ethyl adjacent to an activating group) is 1. The highest BCUT2D eigenvalue weighted by molar-refractivity contribution is 5.93. The lowest BCUT2D eigenvalue weighted by atomic mass is 9.75. The van der Waals surface area contributed by atoms with Crippen LogP contribution in [0.2, 0.25) is 0 Å². The lowest BCUT2D eigenvalue weighted by Gasteiger charge is -2.30. The summed E-state index contributed by atoms with van der Waals surface area (Å²) in [5, 5.41) is 31.4. The number of benzene rings is 5. The number of carbonyl (C=O) groups excluding carboxylic acids is 6. The predicted octanol–water partition coefficient (Wildman–Crippen LogP) is 14.5. The summed E-state index contributed by atoms with van der Waals surface area (Å²) in [6.07, 6.45) is 16.8. The number of hydrogen-bond acceptors (Lipinski definition) is 21. The van der Waals surface area contributed by atoms with Crippen molar-refractivity contribution < 1.29 is 70.8 Å². The zero-order valence-corrected chi connectivity index (χ0v) is 55.7. The molecule has 5 aromatic carbocycles. The monoisotopic (exact) mass is 1350 g/mol. The normalized spacial score (nSPS) is 15.1. The minimum atomic E-state index is -1.09. The molecule has 0 saturated carbocycles. The molecule has 2 aliphatic rings. The predicted molar refractivity (Wildman–Crippen MR) is 369 cm³/mol. The van der Waals surface area contributed by atoms with Crippen LogP contribution in [0.1, 0.15) is 131 Å². The third-order valence-corrected chi connectivity index (χ3v) is 16.4. The summed E-state index contributed by atoms with van der Waals surface area (Å²) in [6.45, 7) is 6.95. The molecule has 0 amide bonds. The number of allylic oxidation sites excluding steroid dienone is 8. The van der Waals surface area contributed by atoms with Gasteiger partial charge in [-0.15, -0.1) is 0 Å². The smallest absolute Gasteiger partial charge is 0.343 e. The van der Waals surface area contributed by atoms with Crippen molar-refractivity contribution in [1.29, 1.82) is 15.8 Å². The molecule has 2 aromatic heterocycles. The van der Waals surface area contributed by atoms with Gasteiger partial charge in [0.2, 0.25) is 0 Å². The van der Waals surface area contributed by atoms with Gasteiger partial charge in [-0.1, -0.05) is 62.4 Å². The van der Waals surface area contributed by atoms with Crippen molar-refractivity contribution in [1.82, 2.24) is 0 Å². The molecule has 3 heterocycles. The number of ether oxygens (including phenoxy) is 7. The molecule has 1 aliphatic carbocycles. The van der Waals surface area contributed by atoms with Gasteiger partial charge in [0.15, 0.2) is 11.3 Å². The van der Waals surface area contributed by atoms with Gasteiger partial charge in [0.05, 0.1) is 24.3 Å². The van der Waals surface area contributed by atoms with Gasteiger partial charge in [-0.3, -0.25) is 19.2 Å². The number of nitrogens with zero attached hydrogens (tertiary/aromatic N) is 4. The lowest BCUT2D eigenvalue weighted by molar-refractivity contribution is -0.144. The van der Waals surface area contributed by atoms with Crippen LogP contribution in [0.25, 0.3) is 28.0 Å². The molecular weight excluding hydrogens is 1280 g/mol. The summed E-state index contributed by atoms with van der Waals surface area (Å²) in [5.74, 6) is -2.35. The molecule has 7 aromatic rings. The van der Waals surface area contributed by atoms with Gasteiger partial charge in [-0.25, -0.2) is 19.2 Å². The van der Waals surface area contributed by atoms with E-state index in [1.807, 2.05) is 60.5 Å². The molecule has 0 spiro atoms. The largest absolute Gasteiger partial charge is 0.479 e. The van der Waals surface area contributed by atoms with E-state index < -0.39 is 46.7 Å². The first-order valence-electron chi connectivity index (χ1n) is 32.6. The van der Waals surface area contributed by atoms with Crippen molar-refractivity contribution in [2.45, 2.75) is 110 Å². The number of anilines is 1. The highest BCUT2D eigenvalue weighted by Gasteiger charge is 2.42. The summed E-state index contributed by atoms with van der Waals surface area (Å²) in [4.78, 5) is 101. The first-order chi connectivity index (χ1) is 48.1. The van der Waals surface area contributed by atoms with Crippen LogP contribution in [0.5, 0.6) is 23.0 Å². The van der Waals surface area contributed by atoms with E-state index >= 15 is 0 Å². The molecule has 9 rings (SSSR count). The van der Waals surface area contributed by atoms with E-state index in [0.717, 1.165) is 35.2 Å². The van der Waals surface area contributed by atoms with Crippen molar-refractivity contribution in [2.75, 3.05) is 31.7 Å². The minimum Gasteiger partial charge on any atom is -0.479 e. The standard InChI is InChI=1S/C79H72N4O17/c1-78(2)47-53(44-54(48-78)19-18-52-20-30-60(31-21-52)83(4)41-43-93-70(85)15-6-8-17-72(87)95-62-34-26-58(27-35-62)77(91)97-64-37-23-56-29-39-74(89)99-68(56)46-64)12-11-13-66-65(51-82)75(59(49-80)50-81)100-79(66,3)40-9-10-42-92-69(84)14-5-7-16-71(86)94-61-32-24-57(25-33-61)76(90)96-63-36-22-55-28-38-73(88)98-67(55)45-63/h11-13,18-39,44-46H,5-10,14-17,40-43,47-48H2,1-4H3/b13-11+,19-18+,53-12+. The van der Waals surface area contributed by atoms with E-state index in [-0.39, 0.29) is 112 Å². The van der Waals surface area contributed by atoms with Crippen LogP contribution in [-0.2, 0) is 33.4 Å². The van der Waals surface area contributed by atoms with Crippen molar-refractivity contribution in [3.63, 3.8) is 0 Å².